The number of fused-ring (bicyclic) bond motifs is 1. The van der Waals surface area contributed by atoms with Crippen LogP contribution in [0.15, 0.2) is 44.7 Å². The zero-order chi connectivity index (χ0) is 19.9. The number of amides is 1. The first-order valence-corrected chi connectivity index (χ1v) is 12.1. The molecule has 1 fully saturated rings. The van der Waals surface area contributed by atoms with Crippen molar-refractivity contribution in [1.82, 2.24) is 13.8 Å². The number of piperazine rings is 1. The predicted molar refractivity (Wildman–Crippen MR) is 111 cm³/mol. The van der Waals surface area contributed by atoms with Crippen LogP contribution in [0.4, 0.5) is 0 Å². The van der Waals surface area contributed by atoms with Crippen molar-refractivity contribution in [1.29, 1.82) is 0 Å². The first-order valence-electron chi connectivity index (χ1n) is 8.87. The number of carbonyl (C=O) groups is 1. The van der Waals surface area contributed by atoms with Gasteiger partial charge in [0.15, 0.2) is 0 Å². The topological polar surface area (TPSA) is 79.7 Å². The first-order chi connectivity index (χ1) is 13.4. The van der Waals surface area contributed by atoms with Crippen LogP contribution in [-0.2, 0) is 16.6 Å². The van der Waals surface area contributed by atoms with Gasteiger partial charge in [0.1, 0.15) is 0 Å². The van der Waals surface area contributed by atoms with Crippen molar-refractivity contribution in [3.63, 3.8) is 0 Å². The van der Waals surface area contributed by atoms with Gasteiger partial charge in [-0.05, 0) is 36.6 Å². The van der Waals surface area contributed by atoms with Gasteiger partial charge >= 0.3 is 4.87 Å². The number of thiophene rings is 1. The second-order valence-electron chi connectivity index (χ2n) is 6.45. The summed E-state index contributed by atoms with van der Waals surface area (Å²) in [7, 11) is -3.67. The third kappa shape index (κ3) is 3.30. The molecule has 0 saturated carbocycles. The van der Waals surface area contributed by atoms with E-state index < -0.39 is 10.0 Å². The molecule has 4 rings (SSSR count). The normalized spacial score (nSPS) is 16.0. The molecule has 0 spiro atoms. The van der Waals surface area contributed by atoms with Crippen molar-refractivity contribution in [2.24, 2.45) is 0 Å². The maximum atomic E-state index is 13.0. The Bertz CT molecular complexity index is 1170. The Kier molecular flexibility index (Phi) is 5.13. The Labute approximate surface area is 170 Å². The Morgan fingerprint density at radius 3 is 2.54 bits per heavy atom. The number of hydrogen-bond acceptors (Lipinski definition) is 6. The second-order valence-corrected chi connectivity index (χ2v) is 10.2. The summed E-state index contributed by atoms with van der Waals surface area (Å²) in [5.41, 5.74) is 1.39. The third-order valence-corrected chi connectivity index (χ3v) is 8.41. The van der Waals surface area contributed by atoms with E-state index in [4.69, 9.17) is 0 Å². The summed E-state index contributed by atoms with van der Waals surface area (Å²) in [6.07, 6.45) is 0. The summed E-state index contributed by atoms with van der Waals surface area (Å²) in [4.78, 5) is 26.2. The van der Waals surface area contributed by atoms with Crippen molar-refractivity contribution in [2.75, 3.05) is 26.2 Å². The maximum absolute atomic E-state index is 13.0. The van der Waals surface area contributed by atoms with E-state index in [9.17, 15) is 18.0 Å². The number of aryl methyl sites for hydroxylation is 1. The van der Waals surface area contributed by atoms with Crippen LogP contribution in [0, 0.1) is 0 Å². The van der Waals surface area contributed by atoms with E-state index in [0.29, 0.717) is 29.9 Å². The van der Waals surface area contributed by atoms with Gasteiger partial charge in [0.05, 0.1) is 20.7 Å². The molecular formula is C18H19N3O4S3. The predicted octanol–water partition coefficient (Wildman–Crippen LogP) is 2.29. The fraction of sp³-hybridized carbons (Fsp3) is 0.333. The molecule has 28 heavy (non-hydrogen) atoms. The molecule has 3 aromatic rings. The van der Waals surface area contributed by atoms with Gasteiger partial charge in [-0.1, -0.05) is 11.3 Å². The molecule has 3 heterocycles. The zero-order valence-electron chi connectivity index (χ0n) is 15.2. The maximum Gasteiger partial charge on any atom is 0.308 e. The number of nitrogens with zero attached hydrogens (tertiary/aromatic N) is 3. The number of sulfonamides is 1. The average Bonchev–Trinajstić information content (AvgIpc) is 3.34. The molecule has 0 radical (unpaired) electrons. The Balaban J connectivity index is 1.54. The molecule has 0 N–H and O–H groups in total. The zero-order valence-corrected chi connectivity index (χ0v) is 17.6. The van der Waals surface area contributed by atoms with Crippen molar-refractivity contribution < 1.29 is 13.2 Å². The van der Waals surface area contributed by atoms with Crippen LogP contribution in [0.2, 0.25) is 0 Å². The summed E-state index contributed by atoms with van der Waals surface area (Å²) < 4.78 is 29.8. The minimum atomic E-state index is -3.67. The number of aromatic nitrogens is 1. The lowest BCUT2D eigenvalue weighted by Gasteiger charge is -2.33. The monoisotopic (exact) mass is 437 g/mol. The van der Waals surface area contributed by atoms with Crippen LogP contribution in [0.25, 0.3) is 10.2 Å². The van der Waals surface area contributed by atoms with Gasteiger partial charge in [-0.2, -0.15) is 15.6 Å². The molecule has 148 valence electrons. The number of rotatable bonds is 4. The molecule has 0 unspecified atom stereocenters. The van der Waals surface area contributed by atoms with Gasteiger partial charge in [-0.25, -0.2) is 8.42 Å². The van der Waals surface area contributed by atoms with E-state index in [1.165, 1.54) is 15.6 Å². The molecule has 1 aliphatic rings. The highest BCUT2D eigenvalue weighted by molar-refractivity contribution is 7.89. The van der Waals surface area contributed by atoms with E-state index in [-0.39, 0.29) is 28.8 Å². The van der Waals surface area contributed by atoms with E-state index in [2.05, 4.69) is 0 Å². The summed E-state index contributed by atoms with van der Waals surface area (Å²) in [6, 6.07) is 6.60. The summed E-state index contributed by atoms with van der Waals surface area (Å²) >= 11 is 2.52. The van der Waals surface area contributed by atoms with Crippen LogP contribution in [0.3, 0.4) is 0 Å². The SMILES string of the molecule is CCn1c(=O)sc2cc(S(=O)(=O)N3CCN(C(=O)c4ccsc4)CC3)ccc21. The third-order valence-electron chi connectivity index (χ3n) is 4.89. The van der Waals surface area contributed by atoms with Crippen LogP contribution in [0.1, 0.15) is 17.3 Å². The summed E-state index contributed by atoms with van der Waals surface area (Å²) in [6.45, 7) is 3.65. The highest BCUT2D eigenvalue weighted by Gasteiger charge is 2.31. The number of thiazole rings is 1. The molecule has 1 aliphatic heterocycles. The van der Waals surface area contributed by atoms with Gasteiger partial charge in [-0.3, -0.25) is 14.2 Å². The molecule has 2 aromatic heterocycles. The smallest absolute Gasteiger partial charge is 0.308 e. The number of benzene rings is 1. The molecule has 1 aromatic carbocycles. The van der Waals surface area contributed by atoms with Crippen LogP contribution < -0.4 is 4.87 Å². The fourth-order valence-electron chi connectivity index (χ4n) is 3.36. The van der Waals surface area contributed by atoms with Crippen molar-refractivity contribution in [3.8, 4) is 0 Å². The second kappa shape index (κ2) is 7.43. The number of hydrogen-bond donors (Lipinski definition) is 0. The van der Waals surface area contributed by atoms with Crippen molar-refractivity contribution in [3.05, 3.63) is 50.3 Å². The van der Waals surface area contributed by atoms with Crippen LogP contribution in [0.5, 0.6) is 0 Å². The number of carbonyl (C=O) groups excluding carboxylic acids is 1. The van der Waals surface area contributed by atoms with Crippen molar-refractivity contribution >= 4 is 48.8 Å². The van der Waals surface area contributed by atoms with Gasteiger partial charge in [0.2, 0.25) is 10.0 Å². The van der Waals surface area contributed by atoms with E-state index in [1.807, 2.05) is 12.3 Å². The van der Waals surface area contributed by atoms with Crippen LogP contribution >= 0.6 is 22.7 Å². The molecule has 7 nitrogen and oxygen atoms in total. The van der Waals surface area contributed by atoms with E-state index in [0.717, 1.165) is 16.9 Å². The molecule has 0 aliphatic carbocycles. The van der Waals surface area contributed by atoms with Gasteiger partial charge in [0.25, 0.3) is 5.91 Å². The Hall–Kier alpha value is -2.01. The lowest BCUT2D eigenvalue weighted by atomic mass is 10.2. The minimum absolute atomic E-state index is 0.0644. The lowest BCUT2D eigenvalue weighted by molar-refractivity contribution is 0.0698. The van der Waals surface area contributed by atoms with Gasteiger partial charge in [0, 0.05) is 38.1 Å². The van der Waals surface area contributed by atoms with E-state index >= 15 is 0 Å². The average molecular weight is 438 g/mol. The largest absolute Gasteiger partial charge is 0.336 e. The molecule has 0 atom stereocenters. The Morgan fingerprint density at radius 2 is 1.89 bits per heavy atom. The first kappa shape index (κ1) is 19.3. The highest BCUT2D eigenvalue weighted by Crippen LogP contribution is 2.25. The molecule has 1 amide bonds. The fourth-order valence-corrected chi connectivity index (χ4v) is 6.50. The van der Waals surface area contributed by atoms with Gasteiger partial charge in [-0.15, -0.1) is 0 Å². The van der Waals surface area contributed by atoms with Crippen LogP contribution in [-0.4, -0.2) is 54.3 Å². The molecular weight excluding hydrogens is 418 g/mol. The molecule has 10 heteroatoms. The van der Waals surface area contributed by atoms with E-state index in [1.54, 1.807) is 39.1 Å². The standard InChI is InChI=1S/C18H19N3O4S3/c1-2-21-15-4-3-14(11-16(15)27-18(21)23)28(24,25)20-8-6-19(7-9-20)17(22)13-5-10-26-12-13/h3-5,10-12H,2,6-9H2,1H3. The Morgan fingerprint density at radius 1 is 1.14 bits per heavy atom. The quantitative estimate of drug-likeness (QED) is 0.627. The molecule has 0 bridgehead atoms. The van der Waals surface area contributed by atoms with Crippen molar-refractivity contribution in [2.45, 2.75) is 18.4 Å². The van der Waals surface area contributed by atoms with Gasteiger partial charge < -0.3 is 4.90 Å². The minimum Gasteiger partial charge on any atom is -0.336 e. The summed E-state index contributed by atoms with van der Waals surface area (Å²) in [5, 5.41) is 3.65. The molecule has 1 saturated heterocycles. The summed E-state index contributed by atoms with van der Waals surface area (Å²) in [5.74, 6) is -0.0644. The highest BCUT2D eigenvalue weighted by atomic mass is 32.2. The lowest BCUT2D eigenvalue weighted by Crippen LogP contribution is -2.50.